The molecule has 1 aromatic carbocycles. The van der Waals surface area contributed by atoms with Gasteiger partial charge in [-0.05, 0) is 43.0 Å². The highest BCUT2D eigenvalue weighted by molar-refractivity contribution is 5.60. The predicted molar refractivity (Wildman–Crippen MR) is 58.4 cm³/mol. The number of halogens is 1. The van der Waals surface area contributed by atoms with Gasteiger partial charge in [0.1, 0.15) is 5.82 Å². The minimum absolute atomic E-state index is 0.134. The van der Waals surface area contributed by atoms with Crippen LogP contribution in [0.25, 0.3) is 0 Å². The summed E-state index contributed by atoms with van der Waals surface area (Å²) in [6.45, 7) is 1.78. The van der Waals surface area contributed by atoms with Gasteiger partial charge in [0.25, 0.3) is 0 Å². The van der Waals surface area contributed by atoms with Crippen molar-refractivity contribution in [3.05, 3.63) is 29.6 Å². The summed E-state index contributed by atoms with van der Waals surface area (Å²) in [6.07, 6.45) is 2.19. The first-order valence-corrected chi connectivity index (χ1v) is 5.54. The summed E-state index contributed by atoms with van der Waals surface area (Å²) in [4.78, 5) is 2.33. The van der Waals surface area contributed by atoms with Crippen molar-refractivity contribution in [3.63, 3.8) is 0 Å². The summed E-state index contributed by atoms with van der Waals surface area (Å²) in [7, 11) is 0. The van der Waals surface area contributed by atoms with Gasteiger partial charge in [0.05, 0.1) is 0 Å². The van der Waals surface area contributed by atoms with Crippen molar-refractivity contribution < 1.29 is 4.39 Å². The Kier molecular flexibility index (Phi) is 1.96. The van der Waals surface area contributed by atoms with Crippen molar-refractivity contribution in [1.82, 2.24) is 0 Å². The van der Waals surface area contributed by atoms with Crippen LogP contribution >= 0.6 is 0 Å². The van der Waals surface area contributed by atoms with Crippen LogP contribution in [0.4, 0.5) is 10.1 Å². The number of fused-ring (bicyclic) bond motifs is 3. The topological polar surface area (TPSA) is 29.3 Å². The van der Waals surface area contributed by atoms with Gasteiger partial charge in [0, 0.05) is 18.3 Å². The fourth-order valence-corrected chi connectivity index (χ4v) is 2.97. The summed E-state index contributed by atoms with van der Waals surface area (Å²) in [6, 6.07) is 5.65. The van der Waals surface area contributed by atoms with Gasteiger partial charge >= 0.3 is 0 Å². The van der Waals surface area contributed by atoms with Crippen LogP contribution in [0, 0.1) is 11.7 Å². The normalized spacial score (nSPS) is 28.0. The van der Waals surface area contributed by atoms with Crippen molar-refractivity contribution in [2.75, 3.05) is 18.0 Å². The Labute approximate surface area is 88.9 Å². The summed E-state index contributed by atoms with van der Waals surface area (Å²) in [5.41, 5.74) is 8.12. The molecule has 3 rings (SSSR count). The summed E-state index contributed by atoms with van der Waals surface area (Å²) in [5, 5.41) is 0. The molecule has 80 valence electrons. The molecule has 1 saturated heterocycles. The quantitative estimate of drug-likeness (QED) is 0.755. The highest BCUT2D eigenvalue weighted by Crippen LogP contribution is 2.40. The van der Waals surface area contributed by atoms with E-state index in [1.807, 2.05) is 6.07 Å². The first-order valence-electron chi connectivity index (χ1n) is 5.54. The zero-order valence-corrected chi connectivity index (χ0v) is 8.62. The fraction of sp³-hybridized carbons (Fsp3) is 0.500. The molecule has 2 heterocycles. The molecule has 0 aliphatic carbocycles. The van der Waals surface area contributed by atoms with Crippen molar-refractivity contribution >= 4 is 5.69 Å². The van der Waals surface area contributed by atoms with Crippen LogP contribution in [0.5, 0.6) is 0 Å². The molecular formula is C12H15FN2. The average molecular weight is 206 g/mol. The standard InChI is InChI=1S/C12H15FN2/c13-10-2-1-8-5-11-9(7-14)3-4-15(11)12(8)6-10/h1-2,6,9,11H,3-5,7,14H2. The lowest BCUT2D eigenvalue weighted by molar-refractivity contribution is 0.491. The number of benzene rings is 1. The Morgan fingerprint density at radius 2 is 2.33 bits per heavy atom. The fourth-order valence-electron chi connectivity index (χ4n) is 2.97. The number of hydrogen-bond donors (Lipinski definition) is 1. The van der Waals surface area contributed by atoms with E-state index in [1.165, 1.54) is 5.56 Å². The summed E-state index contributed by atoms with van der Waals surface area (Å²) < 4.78 is 13.1. The molecular weight excluding hydrogens is 191 g/mol. The Hall–Kier alpha value is -1.09. The van der Waals surface area contributed by atoms with E-state index >= 15 is 0 Å². The second-order valence-corrected chi connectivity index (χ2v) is 4.52. The second-order valence-electron chi connectivity index (χ2n) is 4.52. The number of anilines is 1. The van der Waals surface area contributed by atoms with Crippen LogP contribution in [0.1, 0.15) is 12.0 Å². The second kappa shape index (κ2) is 3.20. The smallest absolute Gasteiger partial charge is 0.125 e. The van der Waals surface area contributed by atoms with Gasteiger partial charge in [-0.25, -0.2) is 4.39 Å². The Bertz CT molecular complexity index is 391. The molecule has 0 radical (unpaired) electrons. The van der Waals surface area contributed by atoms with Gasteiger partial charge in [0.2, 0.25) is 0 Å². The number of hydrogen-bond acceptors (Lipinski definition) is 2. The molecule has 1 aromatic rings. The van der Waals surface area contributed by atoms with E-state index in [-0.39, 0.29) is 5.82 Å². The molecule has 0 saturated carbocycles. The Morgan fingerprint density at radius 1 is 1.47 bits per heavy atom. The SMILES string of the molecule is NCC1CCN2c3cc(F)ccc3CC12. The van der Waals surface area contributed by atoms with E-state index in [1.54, 1.807) is 12.1 Å². The van der Waals surface area contributed by atoms with Crippen LogP contribution in [-0.4, -0.2) is 19.1 Å². The highest BCUT2D eigenvalue weighted by atomic mass is 19.1. The van der Waals surface area contributed by atoms with Gasteiger partial charge in [-0.2, -0.15) is 0 Å². The molecule has 3 heteroatoms. The third-order valence-corrected chi connectivity index (χ3v) is 3.77. The maximum atomic E-state index is 13.1. The molecule has 2 nitrogen and oxygen atoms in total. The third kappa shape index (κ3) is 1.26. The third-order valence-electron chi connectivity index (χ3n) is 3.77. The van der Waals surface area contributed by atoms with E-state index in [2.05, 4.69) is 4.90 Å². The zero-order valence-electron chi connectivity index (χ0n) is 8.62. The number of nitrogens with two attached hydrogens (primary N) is 1. The molecule has 2 unspecified atom stereocenters. The van der Waals surface area contributed by atoms with E-state index < -0.39 is 0 Å². The lowest BCUT2D eigenvalue weighted by Crippen LogP contribution is -2.32. The van der Waals surface area contributed by atoms with Gasteiger partial charge in [-0.15, -0.1) is 0 Å². The van der Waals surface area contributed by atoms with E-state index in [0.717, 1.165) is 31.6 Å². The summed E-state index contributed by atoms with van der Waals surface area (Å²) in [5.74, 6) is 0.450. The van der Waals surface area contributed by atoms with E-state index in [4.69, 9.17) is 5.73 Å². The lowest BCUT2D eigenvalue weighted by atomic mass is 9.97. The van der Waals surface area contributed by atoms with Gasteiger partial charge < -0.3 is 10.6 Å². The highest BCUT2D eigenvalue weighted by Gasteiger charge is 2.39. The molecule has 0 amide bonds. The van der Waals surface area contributed by atoms with E-state index in [9.17, 15) is 4.39 Å². The molecule has 0 bridgehead atoms. The van der Waals surface area contributed by atoms with Crippen molar-refractivity contribution in [1.29, 1.82) is 0 Å². The Morgan fingerprint density at radius 3 is 3.13 bits per heavy atom. The summed E-state index contributed by atoms with van der Waals surface area (Å²) >= 11 is 0. The van der Waals surface area contributed by atoms with Crippen LogP contribution in [0.3, 0.4) is 0 Å². The Balaban J connectivity index is 1.98. The van der Waals surface area contributed by atoms with Crippen LogP contribution in [-0.2, 0) is 6.42 Å². The average Bonchev–Trinajstić information content (AvgIpc) is 2.76. The van der Waals surface area contributed by atoms with Crippen LogP contribution in [0.2, 0.25) is 0 Å². The maximum absolute atomic E-state index is 13.1. The predicted octanol–water partition coefficient (Wildman–Crippen LogP) is 1.54. The molecule has 2 N–H and O–H groups in total. The first-order chi connectivity index (χ1) is 7.29. The molecule has 2 atom stereocenters. The molecule has 0 spiro atoms. The molecule has 15 heavy (non-hydrogen) atoms. The van der Waals surface area contributed by atoms with Gasteiger partial charge in [0.15, 0.2) is 0 Å². The van der Waals surface area contributed by atoms with Crippen molar-refractivity contribution in [2.45, 2.75) is 18.9 Å². The number of rotatable bonds is 1. The molecule has 0 aromatic heterocycles. The molecule has 1 fully saturated rings. The zero-order chi connectivity index (χ0) is 10.4. The van der Waals surface area contributed by atoms with Crippen LogP contribution < -0.4 is 10.6 Å². The minimum atomic E-state index is -0.134. The van der Waals surface area contributed by atoms with Gasteiger partial charge in [-0.1, -0.05) is 6.07 Å². The number of nitrogens with zero attached hydrogens (tertiary/aromatic N) is 1. The monoisotopic (exact) mass is 206 g/mol. The van der Waals surface area contributed by atoms with Gasteiger partial charge in [-0.3, -0.25) is 0 Å². The minimum Gasteiger partial charge on any atom is -0.368 e. The largest absolute Gasteiger partial charge is 0.368 e. The lowest BCUT2D eigenvalue weighted by Gasteiger charge is -2.21. The van der Waals surface area contributed by atoms with Crippen LogP contribution in [0.15, 0.2) is 18.2 Å². The van der Waals surface area contributed by atoms with E-state index in [0.29, 0.717) is 12.0 Å². The van der Waals surface area contributed by atoms with Crippen molar-refractivity contribution in [3.8, 4) is 0 Å². The molecule has 2 aliphatic heterocycles. The first kappa shape index (κ1) is 9.16. The maximum Gasteiger partial charge on any atom is 0.125 e. The van der Waals surface area contributed by atoms with Crippen molar-refractivity contribution in [2.24, 2.45) is 11.7 Å². The molecule has 2 aliphatic rings.